The van der Waals surface area contributed by atoms with Crippen molar-refractivity contribution in [3.8, 4) is 0 Å². The average Bonchev–Trinajstić information content (AvgIpc) is 3.28. The van der Waals surface area contributed by atoms with Gasteiger partial charge >= 0.3 is 0 Å². The van der Waals surface area contributed by atoms with E-state index < -0.39 is 0 Å². The number of nitrogens with zero attached hydrogens (tertiary/aromatic N) is 1. The summed E-state index contributed by atoms with van der Waals surface area (Å²) in [5.41, 5.74) is 6.27. The fourth-order valence-electron chi connectivity index (χ4n) is 1.97. The minimum Gasteiger partial charge on any atom is -0.346 e. The number of carbonyl (C=O) groups is 2. The molecule has 1 saturated carbocycles. The summed E-state index contributed by atoms with van der Waals surface area (Å²) in [5, 5.41) is 2.53. The summed E-state index contributed by atoms with van der Waals surface area (Å²) in [7, 11) is 0. The summed E-state index contributed by atoms with van der Waals surface area (Å²) in [4.78, 5) is 25.2. The Morgan fingerprint density at radius 1 is 1.35 bits per heavy atom. The fraction of sp³-hybridized carbons (Fsp3) is 0.429. The molecule has 0 unspecified atom stereocenters. The number of carbonyl (C=O) groups excluding carboxylic acids is 2. The van der Waals surface area contributed by atoms with E-state index in [1.807, 2.05) is 29.2 Å². The minimum absolute atomic E-state index is 0.0109. The molecule has 0 radical (unpaired) electrons. The first kappa shape index (κ1) is 15.0. The van der Waals surface area contributed by atoms with Gasteiger partial charge < -0.3 is 16.0 Å². The molecule has 1 fully saturated rings. The maximum absolute atomic E-state index is 12.2. The molecule has 0 spiro atoms. The van der Waals surface area contributed by atoms with Gasteiger partial charge in [0.15, 0.2) is 0 Å². The normalized spacial score (nSPS) is 13.9. The van der Waals surface area contributed by atoms with Crippen LogP contribution in [0.2, 0.25) is 0 Å². The predicted molar refractivity (Wildman–Crippen MR) is 79.8 cm³/mol. The zero-order valence-corrected chi connectivity index (χ0v) is 12.7. The van der Waals surface area contributed by atoms with E-state index in [1.165, 1.54) is 0 Å². The van der Waals surface area contributed by atoms with Crippen LogP contribution in [-0.2, 0) is 16.1 Å². The summed E-state index contributed by atoms with van der Waals surface area (Å²) in [6.07, 6.45) is 2.06. The Labute approximate surface area is 126 Å². The molecule has 6 heteroatoms. The first-order chi connectivity index (χ1) is 9.61. The highest BCUT2D eigenvalue weighted by Gasteiger charge is 2.32. The number of hydrogen-bond donors (Lipinski definition) is 2. The maximum atomic E-state index is 12.2. The third-order valence-corrected chi connectivity index (χ3v) is 4.00. The van der Waals surface area contributed by atoms with Gasteiger partial charge in [-0.15, -0.1) is 0 Å². The van der Waals surface area contributed by atoms with Gasteiger partial charge in [0.1, 0.15) is 0 Å². The third-order valence-electron chi connectivity index (χ3n) is 3.23. The van der Waals surface area contributed by atoms with Crippen LogP contribution in [0.25, 0.3) is 0 Å². The van der Waals surface area contributed by atoms with Crippen LogP contribution in [0.15, 0.2) is 28.7 Å². The second kappa shape index (κ2) is 6.85. The molecule has 1 aromatic carbocycles. The minimum atomic E-state index is -0.310. The maximum Gasteiger partial charge on any atom is 0.242 e. The molecular weight excluding hydrogens is 322 g/mol. The molecule has 0 aromatic heterocycles. The lowest BCUT2D eigenvalue weighted by Gasteiger charge is -2.23. The monoisotopic (exact) mass is 339 g/mol. The molecule has 2 rings (SSSR count). The number of benzene rings is 1. The van der Waals surface area contributed by atoms with Crippen LogP contribution in [-0.4, -0.2) is 35.8 Å². The van der Waals surface area contributed by atoms with E-state index in [1.54, 1.807) is 0 Å². The molecule has 0 heterocycles. The van der Waals surface area contributed by atoms with Crippen LogP contribution in [0, 0.1) is 0 Å². The van der Waals surface area contributed by atoms with E-state index in [0.29, 0.717) is 12.6 Å². The predicted octanol–water partition coefficient (Wildman–Crippen LogP) is 1.01. The molecule has 0 saturated heterocycles. The second-order valence-electron chi connectivity index (χ2n) is 4.83. The molecule has 0 bridgehead atoms. The lowest BCUT2D eigenvalue weighted by Crippen LogP contribution is -2.42. The van der Waals surface area contributed by atoms with E-state index in [9.17, 15) is 9.59 Å². The quantitative estimate of drug-likeness (QED) is 0.812. The molecular formula is C14H18BrN3O2. The van der Waals surface area contributed by atoms with Crippen LogP contribution >= 0.6 is 15.9 Å². The van der Waals surface area contributed by atoms with Crippen LogP contribution in [0.5, 0.6) is 0 Å². The van der Waals surface area contributed by atoms with Crippen molar-refractivity contribution in [3.63, 3.8) is 0 Å². The zero-order valence-electron chi connectivity index (χ0n) is 11.1. The lowest BCUT2D eigenvalue weighted by molar-refractivity contribution is -0.133. The summed E-state index contributed by atoms with van der Waals surface area (Å²) in [6, 6.07) is 8.14. The Morgan fingerprint density at radius 3 is 2.65 bits per heavy atom. The molecule has 1 aromatic rings. The molecule has 5 nitrogen and oxygen atoms in total. The van der Waals surface area contributed by atoms with Crippen LogP contribution in [0.4, 0.5) is 0 Å². The Morgan fingerprint density at radius 2 is 2.05 bits per heavy atom. The Bertz CT molecular complexity index is 503. The largest absolute Gasteiger partial charge is 0.346 e. The highest BCUT2D eigenvalue weighted by molar-refractivity contribution is 9.10. The summed E-state index contributed by atoms with van der Waals surface area (Å²) in [5.74, 6) is -0.375. The highest BCUT2D eigenvalue weighted by atomic mass is 79.9. The van der Waals surface area contributed by atoms with E-state index >= 15 is 0 Å². The van der Waals surface area contributed by atoms with Gasteiger partial charge in [-0.25, -0.2) is 0 Å². The van der Waals surface area contributed by atoms with Crippen molar-refractivity contribution < 1.29 is 9.59 Å². The van der Waals surface area contributed by atoms with E-state index in [2.05, 4.69) is 21.2 Å². The molecule has 108 valence electrons. The number of nitrogens with two attached hydrogens (primary N) is 1. The molecule has 1 aliphatic carbocycles. The summed E-state index contributed by atoms with van der Waals surface area (Å²) >= 11 is 3.49. The first-order valence-corrected chi connectivity index (χ1v) is 7.40. The van der Waals surface area contributed by atoms with E-state index in [-0.39, 0.29) is 24.9 Å². The van der Waals surface area contributed by atoms with Crippen LogP contribution < -0.4 is 11.1 Å². The van der Waals surface area contributed by atoms with Gasteiger partial charge in [0.05, 0.1) is 13.1 Å². The van der Waals surface area contributed by atoms with E-state index in [0.717, 1.165) is 22.9 Å². The van der Waals surface area contributed by atoms with E-state index in [4.69, 9.17) is 5.73 Å². The van der Waals surface area contributed by atoms with Gasteiger partial charge in [0.25, 0.3) is 0 Å². The molecule has 2 amide bonds. The molecule has 1 aliphatic rings. The number of rotatable bonds is 6. The lowest BCUT2D eigenvalue weighted by atomic mass is 10.2. The second-order valence-corrected chi connectivity index (χ2v) is 5.68. The van der Waals surface area contributed by atoms with Crippen molar-refractivity contribution in [3.05, 3.63) is 34.3 Å². The van der Waals surface area contributed by atoms with Crippen molar-refractivity contribution in [2.75, 3.05) is 13.1 Å². The van der Waals surface area contributed by atoms with Gasteiger partial charge in [-0.05, 0) is 24.5 Å². The Balaban J connectivity index is 1.99. The van der Waals surface area contributed by atoms with Crippen molar-refractivity contribution in [2.45, 2.75) is 25.4 Å². The van der Waals surface area contributed by atoms with Gasteiger partial charge in [-0.3, -0.25) is 9.59 Å². The molecule has 0 atom stereocenters. The van der Waals surface area contributed by atoms with Gasteiger partial charge in [0, 0.05) is 17.1 Å². The smallest absolute Gasteiger partial charge is 0.242 e. The number of nitrogens with one attached hydrogen (secondary N) is 1. The van der Waals surface area contributed by atoms with Crippen LogP contribution in [0.3, 0.4) is 0 Å². The first-order valence-electron chi connectivity index (χ1n) is 6.61. The summed E-state index contributed by atoms with van der Waals surface area (Å²) in [6.45, 7) is 0.474. The van der Waals surface area contributed by atoms with Crippen molar-refractivity contribution in [2.24, 2.45) is 5.73 Å². The van der Waals surface area contributed by atoms with Crippen molar-refractivity contribution in [1.29, 1.82) is 0 Å². The van der Waals surface area contributed by atoms with Gasteiger partial charge in [-0.2, -0.15) is 0 Å². The molecule has 0 aliphatic heterocycles. The standard InChI is InChI=1S/C14H18BrN3O2/c15-12-4-2-1-3-10(12)9-18(11-5-6-11)14(20)8-17-13(19)7-16/h1-4,11H,5-9,16H2,(H,17,19). The molecule has 20 heavy (non-hydrogen) atoms. The highest BCUT2D eigenvalue weighted by Crippen LogP contribution is 2.29. The SMILES string of the molecule is NCC(=O)NCC(=O)N(Cc1ccccc1Br)C1CC1. The van der Waals surface area contributed by atoms with Gasteiger partial charge in [0.2, 0.25) is 11.8 Å². The Kier molecular flexibility index (Phi) is 5.14. The molecule has 3 N–H and O–H groups in total. The fourth-order valence-corrected chi connectivity index (χ4v) is 2.38. The summed E-state index contributed by atoms with van der Waals surface area (Å²) < 4.78 is 0.990. The Hall–Kier alpha value is -1.40. The van der Waals surface area contributed by atoms with Crippen LogP contribution in [0.1, 0.15) is 18.4 Å². The third kappa shape index (κ3) is 4.05. The van der Waals surface area contributed by atoms with Crippen molar-refractivity contribution in [1.82, 2.24) is 10.2 Å². The number of halogens is 1. The number of amides is 2. The number of hydrogen-bond acceptors (Lipinski definition) is 3. The zero-order chi connectivity index (χ0) is 14.5. The van der Waals surface area contributed by atoms with Gasteiger partial charge in [-0.1, -0.05) is 34.1 Å². The van der Waals surface area contributed by atoms with Crippen molar-refractivity contribution >= 4 is 27.7 Å². The topological polar surface area (TPSA) is 75.4 Å². The average molecular weight is 340 g/mol.